The van der Waals surface area contributed by atoms with Gasteiger partial charge in [-0.25, -0.2) is 4.79 Å². The van der Waals surface area contributed by atoms with Crippen molar-refractivity contribution >= 4 is 17.8 Å². The van der Waals surface area contributed by atoms with Gasteiger partial charge < -0.3 is 15.0 Å². The van der Waals surface area contributed by atoms with Gasteiger partial charge in [0.05, 0.1) is 12.2 Å². The number of hydrogen-bond donors (Lipinski definition) is 1. The molecule has 1 atom stereocenters. The minimum atomic E-state index is -0.435. The number of piperidine rings is 1. The maximum atomic E-state index is 13.2. The third-order valence-corrected chi connectivity index (χ3v) is 7.27. The van der Waals surface area contributed by atoms with Gasteiger partial charge in [0.2, 0.25) is 11.8 Å². The van der Waals surface area contributed by atoms with Crippen LogP contribution < -0.4 is 5.32 Å². The van der Waals surface area contributed by atoms with Crippen LogP contribution >= 0.6 is 0 Å². The Labute approximate surface area is 219 Å². The molecular formula is C30H37N3O4. The zero-order chi connectivity index (χ0) is 26.4. The maximum absolute atomic E-state index is 13.2. The molecule has 2 aliphatic rings. The largest absolute Gasteiger partial charge is 0.463 e. The highest BCUT2D eigenvalue weighted by atomic mass is 16.5. The van der Waals surface area contributed by atoms with Crippen molar-refractivity contribution in [2.45, 2.75) is 58.5 Å². The molecule has 196 valence electrons. The molecule has 1 unspecified atom stereocenters. The molecule has 1 fully saturated rings. The van der Waals surface area contributed by atoms with Crippen LogP contribution in [0.25, 0.3) is 0 Å². The van der Waals surface area contributed by atoms with E-state index in [0.29, 0.717) is 11.3 Å². The lowest BCUT2D eigenvalue weighted by molar-refractivity contribution is -0.141. The molecule has 0 aliphatic carbocycles. The van der Waals surface area contributed by atoms with Gasteiger partial charge in [0.1, 0.15) is 6.54 Å². The average Bonchev–Trinajstić information content (AvgIpc) is 2.88. The first kappa shape index (κ1) is 26.6. The number of amides is 2. The van der Waals surface area contributed by atoms with Crippen LogP contribution in [0, 0.1) is 6.92 Å². The van der Waals surface area contributed by atoms with Crippen molar-refractivity contribution in [2.24, 2.45) is 0 Å². The topological polar surface area (TPSA) is 79.0 Å². The van der Waals surface area contributed by atoms with Gasteiger partial charge in [0.15, 0.2) is 0 Å². The number of carbonyl (C=O) groups is 3. The fourth-order valence-corrected chi connectivity index (χ4v) is 5.34. The molecule has 2 aromatic rings. The molecule has 2 amide bonds. The van der Waals surface area contributed by atoms with E-state index in [-0.39, 0.29) is 43.3 Å². The molecule has 2 heterocycles. The van der Waals surface area contributed by atoms with Crippen molar-refractivity contribution in [3.05, 3.63) is 82.6 Å². The Hall–Kier alpha value is -3.45. The summed E-state index contributed by atoms with van der Waals surface area (Å²) in [6.45, 7) is 8.36. The van der Waals surface area contributed by atoms with E-state index in [0.717, 1.165) is 43.6 Å². The second-order valence-corrected chi connectivity index (χ2v) is 9.97. The van der Waals surface area contributed by atoms with Gasteiger partial charge in [0, 0.05) is 43.7 Å². The third kappa shape index (κ3) is 6.66. The third-order valence-electron chi connectivity index (χ3n) is 7.27. The Kier molecular flexibility index (Phi) is 8.77. The summed E-state index contributed by atoms with van der Waals surface area (Å²) >= 11 is 0. The highest BCUT2D eigenvalue weighted by Gasteiger charge is 2.37. The van der Waals surface area contributed by atoms with Crippen LogP contribution in [0.1, 0.15) is 55.7 Å². The Morgan fingerprint density at radius 2 is 1.76 bits per heavy atom. The molecule has 0 radical (unpaired) electrons. The van der Waals surface area contributed by atoms with E-state index in [1.165, 1.54) is 10.5 Å². The Morgan fingerprint density at radius 3 is 2.43 bits per heavy atom. The van der Waals surface area contributed by atoms with E-state index in [1.807, 2.05) is 37.3 Å². The zero-order valence-corrected chi connectivity index (χ0v) is 22.0. The molecule has 2 aromatic carbocycles. The molecule has 0 aromatic heterocycles. The van der Waals surface area contributed by atoms with Crippen LogP contribution in [0.3, 0.4) is 0 Å². The minimum Gasteiger partial charge on any atom is -0.463 e. The number of benzene rings is 2. The lowest BCUT2D eigenvalue weighted by Gasteiger charge is -2.35. The van der Waals surface area contributed by atoms with Gasteiger partial charge in [-0.3, -0.25) is 14.5 Å². The number of hydrogen-bond acceptors (Lipinski definition) is 5. The minimum absolute atomic E-state index is 0.0771. The summed E-state index contributed by atoms with van der Waals surface area (Å²) in [4.78, 5) is 43.0. The number of allylic oxidation sites excluding steroid dienone is 1. The molecule has 7 heteroatoms. The SMILES string of the molecule is CCOC(=O)C1=C(C)N(CC(=O)NC2CCN(Cc3ccccc3)CC2)C(=O)CC1c1cccc(C)c1. The van der Waals surface area contributed by atoms with E-state index >= 15 is 0 Å². The number of nitrogens with one attached hydrogen (secondary N) is 1. The summed E-state index contributed by atoms with van der Waals surface area (Å²) in [5.41, 5.74) is 4.20. The second kappa shape index (κ2) is 12.2. The van der Waals surface area contributed by atoms with E-state index < -0.39 is 5.97 Å². The van der Waals surface area contributed by atoms with Gasteiger partial charge in [-0.1, -0.05) is 60.2 Å². The molecule has 1 N–H and O–H groups in total. The monoisotopic (exact) mass is 503 g/mol. The number of likely N-dealkylation sites (tertiary alicyclic amines) is 1. The Balaban J connectivity index is 1.41. The molecule has 0 bridgehead atoms. The molecule has 1 saturated heterocycles. The van der Waals surface area contributed by atoms with E-state index in [9.17, 15) is 14.4 Å². The van der Waals surface area contributed by atoms with Crippen LogP contribution in [0.2, 0.25) is 0 Å². The lowest BCUT2D eigenvalue weighted by atomic mass is 9.83. The average molecular weight is 504 g/mol. The number of esters is 1. The summed E-state index contributed by atoms with van der Waals surface area (Å²) in [6.07, 6.45) is 1.86. The molecule has 2 aliphatic heterocycles. The number of ether oxygens (including phenoxy) is 1. The molecule has 7 nitrogen and oxygen atoms in total. The van der Waals surface area contributed by atoms with Crippen LogP contribution in [0.5, 0.6) is 0 Å². The van der Waals surface area contributed by atoms with Gasteiger partial charge in [0.25, 0.3) is 0 Å². The molecular weight excluding hydrogens is 466 g/mol. The predicted molar refractivity (Wildman–Crippen MR) is 142 cm³/mol. The van der Waals surface area contributed by atoms with Crippen molar-refractivity contribution in [3.63, 3.8) is 0 Å². The Morgan fingerprint density at radius 1 is 1.03 bits per heavy atom. The summed E-state index contributed by atoms with van der Waals surface area (Å²) < 4.78 is 5.36. The normalized spacial score (nSPS) is 19.2. The first-order chi connectivity index (χ1) is 17.9. The van der Waals surface area contributed by atoms with E-state index in [2.05, 4.69) is 34.5 Å². The second-order valence-electron chi connectivity index (χ2n) is 9.97. The number of carbonyl (C=O) groups excluding carboxylic acids is 3. The molecule has 0 spiro atoms. The van der Waals surface area contributed by atoms with Gasteiger partial charge in [-0.15, -0.1) is 0 Å². The van der Waals surface area contributed by atoms with Gasteiger partial charge in [-0.05, 0) is 44.7 Å². The number of rotatable bonds is 8. The van der Waals surface area contributed by atoms with E-state index in [1.54, 1.807) is 13.8 Å². The summed E-state index contributed by atoms with van der Waals surface area (Å²) in [7, 11) is 0. The molecule has 37 heavy (non-hydrogen) atoms. The first-order valence-corrected chi connectivity index (χ1v) is 13.2. The maximum Gasteiger partial charge on any atom is 0.336 e. The summed E-state index contributed by atoms with van der Waals surface area (Å²) in [5.74, 6) is -1.19. The summed E-state index contributed by atoms with van der Waals surface area (Å²) in [6, 6.07) is 18.3. The van der Waals surface area contributed by atoms with Crippen LogP contribution in [0.15, 0.2) is 65.9 Å². The smallest absolute Gasteiger partial charge is 0.336 e. The molecule has 4 rings (SSSR count). The highest BCUT2D eigenvalue weighted by Crippen LogP contribution is 2.37. The number of aryl methyl sites for hydroxylation is 1. The van der Waals surface area contributed by atoms with E-state index in [4.69, 9.17) is 4.74 Å². The van der Waals surface area contributed by atoms with Crippen molar-refractivity contribution in [1.82, 2.24) is 15.1 Å². The van der Waals surface area contributed by atoms with Crippen LogP contribution in [0.4, 0.5) is 0 Å². The zero-order valence-electron chi connectivity index (χ0n) is 22.0. The van der Waals surface area contributed by atoms with Crippen molar-refractivity contribution in [3.8, 4) is 0 Å². The van der Waals surface area contributed by atoms with Crippen LogP contribution in [-0.4, -0.2) is 59.9 Å². The van der Waals surface area contributed by atoms with Crippen LogP contribution in [-0.2, 0) is 25.7 Å². The fourth-order valence-electron chi connectivity index (χ4n) is 5.34. The van der Waals surface area contributed by atoms with Crippen molar-refractivity contribution < 1.29 is 19.1 Å². The predicted octanol–water partition coefficient (Wildman–Crippen LogP) is 3.93. The van der Waals surface area contributed by atoms with Gasteiger partial charge >= 0.3 is 5.97 Å². The van der Waals surface area contributed by atoms with Crippen molar-refractivity contribution in [2.75, 3.05) is 26.2 Å². The Bertz CT molecular complexity index is 1150. The molecule has 0 saturated carbocycles. The fraction of sp³-hybridized carbons (Fsp3) is 0.433. The quantitative estimate of drug-likeness (QED) is 0.553. The van der Waals surface area contributed by atoms with Gasteiger partial charge in [-0.2, -0.15) is 0 Å². The highest BCUT2D eigenvalue weighted by molar-refractivity contribution is 5.97. The lowest BCUT2D eigenvalue weighted by Crippen LogP contribution is -2.49. The first-order valence-electron chi connectivity index (χ1n) is 13.2. The summed E-state index contributed by atoms with van der Waals surface area (Å²) in [5, 5.41) is 3.11. The number of nitrogens with zero attached hydrogens (tertiary/aromatic N) is 2. The van der Waals surface area contributed by atoms with Crippen molar-refractivity contribution in [1.29, 1.82) is 0 Å². The standard InChI is InChI=1S/C30H37N3O4/c1-4-37-30(36)29-22(3)33(28(35)18-26(29)24-12-8-9-21(2)17-24)20-27(34)31-25-13-15-32(16-14-25)19-23-10-6-5-7-11-23/h5-12,17,25-26H,4,13-16,18-20H2,1-3H3,(H,31,34).